The first-order valence-electron chi connectivity index (χ1n) is 7.67. The van der Waals surface area contributed by atoms with Gasteiger partial charge >= 0.3 is 5.97 Å². The second-order valence-corrected chi connectivity index (χ2v) is 5.48. The molecular weight excluding hydrogens is 280 g/mol. The lowest BCUT2D eigenvalue weighted by molar-refractivity contribution is -0.137. The molecule has 2 aromatic rings. The summed E-state index contributed by atoms with van der Waals surface area (Å²) < 4.78 is 0. The summed E-state index contributed by atoms with van der Waals surface area (Å²) in [5.41, 5.74) is 2.56. The van der Waals surface area contributed by atoms with Crippen molar-refractivity contribution < 1.29 is 14.7 Å². The first-order valence-corrected chi connectivity index (χ1v) is 7.67. The molecule has 1 amide bonds. The van der Waals surface area contributed by atoms with Crippen LogP contribution in [0.25, 0.3) is 10.9 Å². The van der Waals surface area contributed by atoms with Crippen molar-refractivity contribution in [2.24, 2.45) is 0 Å². The number of fused-ring (bicyclic) bond motifs is 1. The number of aryl methyl sites for hydroxylation is 1. The van der Waals surface area contributed by atoms with E-state index in [1.54, 1.807) is 0 Å². The molecule has 0 saturated heterocycles. The van der Waals surface area contributed by atoms with Crippen LogP contribution in [0.1, 0.15) is 48.2 Å². The van der Waals surface area contributed by atoms with E-state index in [4.69, 9.17) is 5.11 Å². The molecule has 0 aliphatic heterocycles. The van der Waals surface area contributed by atoms with Crippen molar-refractivity contribution in [2.75, 3.05) is 6.54 Å². The Morgan fingerprint density at radius 3 is 2.64 bits per heavy atom. The van der Waals surface area contributed by atoms with Crippen LogP contribution in [-0.2, 0) is 4.79 Å². The van der Waals surface area contributed by atoms with Gasteiger partial charge in [-0.2, -0.15) is 0 Å². The van der Waals surface area contributed by atoms with E-state index in [1.165, 1.54) is 0 Å². The van der Waals surface area contributed by atoms with Crippen LogP contribution in [0.3, 0.4) is 0 Å². The monoisotopic (exact) mass is 302 g/mol. The van der Waals surface area contributed by atoms with Crippen LogP contribution in [0.2, 0.25) is 0 Å². The first-order chi connectivity index (χ1) is 10.6. The Hall–Kier alpha value is -2.30. The van der Waals surface area contributed by atoms with Crippen LogP contribution in [0.5, 0.6) is 0 Å². The SMILES string of the molecule is Cc1[nH]c2ccccc2c1C(=O)NCCCCCCC(=O)O. The van der Waals surface area contributed by atoms with Gasteiger partial charge in [0.1, 0.15) is 0 Å². The van der Waals surface area contributed by atoms with Crippen LogP contribution in [0.4, 0.5) is 0 Å². The number of aliphatic carboxylic acids is 1. The number of carboxylic acids is 1. The molecule has 5 heteroatoms. The van der Waals surface area contributed by atoms with E-state index >= 15 is 0 Å². The summed E-state index contributed by atoms with van der Waals surface area (Å²) in [6, 6.07) is 7.77. The van der Waals surface area contributed by atoms with Crippen LogP contribution in [0, 0.1) is 6.92 Å². The molecule has 0 fully saturated rings. The van der Waals surface area contributed by atoms with Crippen LogP contribution >= 0.6 is 0 Å². The highest BCUT2D eigenvalue weighted by molar-refractivity contribution is 6.08. The summed E-state index contributed by atoms with van der Waals surface area (Å²) in [5.74, 6) is -0.802. The largest absolute Gasteiger partial charge is 0.481 e. The topological polar surface area (TPSA) is 82.2 Å². The zero-order valence-corrected chi connectivity index (χ0v) is 12.8. The fourth-order valence-corrected chi connectivity index (χ4v) is 2.61. The number of rotatable bonds is 8. The smallest absolute Gasteiger partial charge is 0.303 e. The van der Waals surface area contributed by atoms with Gasteiger partial charge in [0.25, 0.3) is 5.91 Å². The molecule has 1 aromatic heterocycles. The Labute approximate surface area is 129 Å². The van der Waals surface area contributed by atoms with Crippen molar-refractivity contribution in [3.63, 3.8) is 0 Å². The number of carboxylic acid groups (broad SMARTS) is 1. The molecule has 0 saturated carbocycles. The molecule has 3 N–H and O–H groups in total. The van der Waals surface area contributed by atoms with Crippen molar-refractivity contribution in [1.29, 1.82) is 0 Å². The third-order valence-electron chi connectivity index (χ3n) is 3.72. The molecule has 0 atom stereocenters. The molecule has 1 heterocycles. The molecule has 0 bridgehead atoms. The lowest BCUT2D eigenvalue weighted by atomic mass is 10.1. The highest BCUT2D eigenvalue weighted by atomic mass is 16.4. The van der Waals surface area contributed by atoms with Crippen molar-refractivity contribution in [2.45, 2.75) is 39.0 Å². The summed E-state index contributed by atoms with van der Waals surface area (Å²) in [4.78, 5) is 25.9. The number of hydrogen-bond donors (Lipinski definition) is 3. The minimum absolute atomic E-state index is 0.0551. The molecule has 5 nitrogen and oxygen atoms in total. The molecule has 22 heavy (non-hydrogen) atoms. The molecule has 0 aliphatic carbocycles. The maximum Gasteiger partial charge on any atom is 0.303 e. The van der Waals surface area contributed by atoms with Crippen molar-refractivity contribution >= 4 is 22.8 Å². The van der Waals surface area contributed by atoms with Crippen molar-refractivity contribution in [3.05, 3.63) is 35.5 Å². The quantitative estimate of drug-likeness (QED) is 0.655. The normalized spacial score (nSPS) is 10.8. The van der Waals surface area contributed by atoms with Gasteiger partial charge in [-0.3, -0.25) is 9.59 Å². The predicted octanol–water partition coefficient (Wildman–Crippen LogP) is 3.24. The Bertz CT molecular complexity index is 661. The van der Waals surface area contributed by atoms with Crippen LogP contribution in [0.15, 0.2) is 24.3 Å². The fourth-order valence-electron chi connectivity index (χ4n) is 2.61. The Morgan fingerprint density at radius 2 is 1.86 bits per heavy atom. The molecule has 118 valence electrons. The third kappa shape index (κ3) is 4.10. The number of benzene rings is 1. The summed E-state index contributed by atoms with van der Waals surface area (Å²) >= 11 is 0. The maximum atomic E-state index is 12.3. The van der Waals surface area contributed by atoms with E-state index in [2.05, 4.69) is 10.3 Å². The van der Waals surface area contributed by atoms with Crippen molar-refractivity contribution in [1.82, 2.24) is 10.3 Å². The van der Waals surface area contributed by atoms with Gasteiger partial charge in [-0.05, 0) is 25.8 Å². The summed E-state index contributed by atoms with van der Waals surface area (Å²) in [5, 5.41) is 12.4. The second kappa shape index (κ2) is 7.64. The Kier molecular flexibility index (Phi) is 5.58. The Balaban J connectivity index is 1.80. The van der Waals surface area contributed by atoms with E-state index in [1.807, 2.05) is 31.2 Å². The zero-order chi connectivity index (χ0) is 15.9. The number of carbonyl (C=O) groups is 2. The average Bonchev–Trinajstić information content (AvgIpc) is 2.81. The maximum absolute atomic E-state index is 12.3. The lowest BCUT2D eigenvalue weighted by Crippen LogP contribution is -2.24. The molecule has 0 unspecified atom stereocenters. The van der Waals surface area contributed by atoms with E-state index in [9.17, 15) is 9.59 Å². The fraction of sp³-hybridized carbons (Fsp3) is 0.412. The van der Waals surface area contributed by atoms with Crippen LogP contribution in [-0.4, -0.2) is 28.5 Å². The highest BCUT2D eigenvalue weighted by Crippen LogP contribution is 2.21. The lowest BCUT2D eigenvalue weighted by Gasteiger charge is -2.05. The van der Waals surface area contributed by atoms with Gasteiger partial charge in [0.15, 0.2) is 0 Å². The number of hydrogen-bond acceptors (Lipinski definition) is 2. The third-order valence-corrected chi connectivity index (χ3v) is 3.72. The molecular formula is C17H22N2O3. The summed E-state index contributed by atoms with van der Waals surface area (Å²) in [6.45, 7) is 2.52. The van der Waals surface area contributed by atoms with Gasteiger partial charge in [-0.1, -0.05) is 31.0 Å². The molecule has 0 aliphatic rings. The zero-order valence-electron chi connectivity index (χ0n) is 12.8. The van der Waals surface area contributed by atoms with Crippen LogP contribution < -0.4 is 5.32 Å². The second-order valence-electron chi connectivity index (χ2n) is 5.48. The first kappa shape index (κ1) is 16.1. The predicted molar refractivity (Wildman–Crippen MR) is 86.1 cm³/mol. The molecule has 0 spiro atoms. The standard InChI is InChI=1S/C17H22N2O3/c1-12-16(13-8-5-6-9-14(13)19-12)17(22)18-11-7-3-2-4-10-15(20)21/h5-6,8-9,19H,2-4,7,10-11H2,1H3,(H,18,22)(H,20,21). The summed E-state index contributed by atoms with van der Waals surface area (Å²) in [6.07, 6.45) is 3.60. The van der Waals surface area contributed by atoms with E-state index in [-0.39, 0.29) is 12.3 Å². The number of carbonyl (C=O) groups excluding carboxylic acids is 1. The Morgan fingerprint density at radius 1 is 1.14 bits per heavy atom. The van der Waals surface area contributed by atoms with Gasteiger partial charge in [-0.25, -0.2) is 0 Å². The molecule has 2 rings (SSSR count). The minimum Gasteiger partial charge on any atom is -0.481 e. The van der Waals surface area contributed by atoms with Gasteiger partial charge in [0, 0.05) is 29.6 Å². The number of nitrogens with one attached hydrogen (secondary N) is 2. The average molecular weight is 302 g/mol. The molecule has 0 radical (unpaired) electrons. The number of aromatic nitrogens is 1. The molecule has 1 aromatic carbocycles. The number of amides is 1. The van der Waals surface area contributed by atoms with Gasteiger partial charge in [0.05, 0.1) is 5.56 Å². The number of unbranched alkanes of at least 4 members (excludes halogenated alkanes) is 3. The van der Waals surface area contributed by atoms with E-state index in [0.717, 1.165) is 35.9 Å². The van der Waals surface area contributed by atoms with E-state index < -0.39 is 5.97 Å². The summed E-state index contributed by atoms with van der Waals surface area (Å²) in [7, 11) is 0. The number of aromatic amines is 1. The number of H-pyrrole nitrogens is 1. The van der Waals surface area contributed by atoms with Crippen molar-refractivity contribution in [3.8, 4) is 0 Å². The van der Waals surface area contributed by atoms with Gasteiger partial charge < -0.3 is 15.4 Å². The number of para-hydroxylation sites is 1. The minimum atomic E-state index is -0.747. The highest BCUT2D eigenvalue weighted by Gasteiger charge is 2.14. The van der Waals surface area contributed by atoms with Gasteiger partial charge in [-0.15, -0.1) is 0 Å². The van der Waals surface area contributed by atoms with Gasteiger partial charge in [0.2, 0.25) is 0 Å². The van der Waals surface area contributed by atoms with E-state index in [0.29, 0.717) is 18.5 Å².